The Morgan fingerprint density at radius 1 is 1.25 bits per heavy atom. The van der Waals surface area contributed by atoms with Crippen molar-refractivity contribution in [2.75, 3.05) is 26.6 Å². The first-order chi connectivity index (χ1) is 9.56. The van der Waals surface area contributed by atoms with Crippen molar-refractivity contribution in [1.29, 1.82) is 0 Å². The van der Waals surface area contributed by atoms with E-state index in [-0.39, 0.29) is 6.01 Å². The Morgan fingerprint density at radius 3 is 2.50 bits per heavy atom. The smallest absolute Gasteiger partial charge is 0.319 e. The third kappa shape index (κ3) is 5.52. The zero-order valence-electron chi connectivity index (χ0n) is 12.0. The van der Waals surface area contributed by atoms with Gasteiger partial charge in [0.25, 0.3) is 0 Å². The molecule has 0 saturated carbocycles. The molecule has 0 amide bonds. The SMILES string of the molecule is CCOc1cc(CSP(=O)(OC)SC)nc(OCC)n1. The normalized spacial score (nSPS) is 13.8. The molecule has 1 aromatic heterocycles. The molecule has 0 saturated heterocycles. The van der Waals surface area contributed by atoms with Crippen molar-refractivity contribution in [2.24, 2.45) is 0 Å². The van der Waals surface area contributed by atoms with Gasteiger partial charge in [0.15, 0.2) is 0 Å². The topological polar surface area (TPSA) is 70.5 Å². The standard InChI is InChI=1S/C11H19N2O4PS2/c1-5-16-10-7-9(12-11(13-10)17-6-2)8-20-18(14,15-3)19-4/h7H,5-6,8H2,1-4H3. The summed E-state index contributed by atoms with van der Waals surface area (Å²) >= 11 is 2.44. The summed E-state index contributed by atoms with van der Waals surface area (Å²) in [5.74, 6) is -1.82. The van der Waals surface area contributed by atoms with Crippen LogP contribution in [0, 0.1) is 0 Å². The van der Waals surface area contributed by atoms with Crippen molar-refractivity contribution in [2.45, 2.75) is 19.6 Å². The minimum atomic E-state index is -2.72. The van der Waals surface area contributed by atoms with Gasteiger partial charge in [-0.2, -0.15) is 9.97 Å². The molecule has 0 aromatic carbocycles. The van der Waals surface area contributed by atoms with E-state index in [2.05, 4.69) is 9.97 Å². The highest BCUT2D eigenvalue weighted by Gasteiger charge is 2.21. The zero-order valence-corrected chi connectivity index (χ0v) is 14.5. The predicted molar refractivity (Wildman–Crippen MR) is 83.8 cm³/mol. The van der Waals surface area contributed by atoms with Crippen molar-refractivity contribution in [3.63, 3.8) is 0 Å². The molecule has 9 heteroatoms. The minimum Gasteiger partial charge on any atom is -0.478 e. The van der Waals surface area contributed by atoms with E-state index in [1.807, 2.05) is 13.8 Å². The fraction of sp³-hybridized carbons (Fsp3) is 0.636. The molecule has 1 unspecified atom stereocenters. The lowest BCUT2D eigenvalue weighted by Crippen LogP contribution is -2.03. The van der Waals surface area contributed by atoms with Crippen LogP contribution in [0.2, 0.25) is 0 Å². The molecule has 1 atom stereocenters. The Kier molecular flexibility index (Phi) is 7.72. The number of nitrogens with zero attached hydrogens (tertiary/aromatic N) is 2. The summed E-state index contributed by atoms with van der Waals surface area (Å²) in [5.41, 5.74) is 0.697. The van der Waals surface area contributed by atoms with Crippen LogP contribution in [0.1, 0.15) is 19.5 Å². The van der Waals surface area contributed by atoms with Gasteiger partial charge in [-0.3, -0.25) is 4.57 Å². The number of rotatable bonds is 9. The van der Waals surface area contributed by atoms with Gasteiger partial charge in [0.1, 0.15) is 0 Å². The maximum absolute atomic E-state index is 12.1. The molecule has 0 aliphatic heterocycles. The van der Waals surface area contributed by atoms with Crippen LogP contribution < -0.4 is 9.47 Å². The van der Waals surface area contributed by atoms with Gasteiger partial charge in [-0.05, 0) is 20.1 Å². The quantitative estimate of drug-likeness (QED) is 0.632. The summed E-state index contributed by atoms with van der Waals surface area (Å²) in [7, 11) is 1.45. The van der Waals surface area contributed by atoms with E-state index in [0.717, 1.165) is 0 Å². The summed E-state index contributed by atoms with van der Waals surface area (Å²) in [6.45, 7) is 4.72. The first-order valence-electron chi connectivity index (χ1n) is 6.06. The van der Waals surface area contributed by atoms with Crippen LogP contribution in [0.15, 0.2) is 6.07 Å². The predicted octanol–water partition coefficient (Wildman–Crippen LogP) is 3.62. The third-order valence-electron chi connectivity index (χ3n) is 2.12. The second kappa shape index (κ2) is 8.77. The first kappa shape index (κ1) is 17.6. The lowest BCUT2D eigenvalue weighted by molar-refractivity contribution is 0.288. The van der Waals surface area contributed by atoms with Crippen molar-refractivity contribution < 1.29 is 18.6 Å². The van der Waals surface area contributed by atoms with Gasteiger partial charge in [-0.25, -0.2) is 0 Å². The molecule has 20 heavy (non-hydrogen) atoms. The van der Waals surface area contributed by atoms with Gasteiger partial charge in [0.2, 0.25) is 5.88 Å². The second-order valence-electron chi connectivity index (χ2n) is 3.43. The molecule has 6 nitrogen and oxygen atoms in total. The van der Waals surface area contributed by atoms with Crippen LogP contribution in [0.25, 0.3) is 0 Å². The van der Waals surface area contributed by atoms with E-state index in [1.165, 1.54) is 29.9 Å². The van der Waals surface area contributed by atoms with Crippen LogP contribution in [-0.4, -0.2) is 36.5 Å². The maximum Gasteiger partial charge on any atom is 0.319 e. The van der Waals surface area contributed by atoms with E-state index < -0.39 is 5.77 Å². The molecule has 1 rings (SSSR count). The molecular weight excluding hydrogens is 319 g/mol. The monoisotopic (exact) mass is 338 g/mol. The molecule has 0 N–H and O–H groups in total. The third-order valence-corrected chi connectivity index (χ3v) is 9.62. The highest BCUT2D eigenvalue weighted by molar-refractivity contribution is 8.88. The summed E-state index contributed by atoms with van der Waals surface area (Å²) < 4.78 is 27.9. The molecule has 0 aliphatic carbocycles. The molecule has 0 bridgehead atoms. The van der Waals surface area contributed by atoms with E-state index in [9.17, 15) is 4.57 Å². The van der Waals surface area contributed by atoms with Gasteiger partial charge in [0.05, 0.1) is 18.9 Å². The maximum atomic E-state index is 12.1. The average Bonchev–Trinajstić information content (AvgIpc) is 2.45. The largest absolute Gasteiger partial charge is 0.478 e. The molecular formula is C11H19N2O4PS2. The highest BCUT2D eigenvalue weighted by Crippen LogP contribution is 2.69. The minimum absolute atomic E-state index is 0.269. The summed E-state index contributed by atoms with van der Waals surface area (Å²) in [4.78, 5) is 8.38. The Morgan fingerprint density at radius 2 is 1.95 bits per heavy atom. The zero-order chi connectivity index (χ0) is 15.0. The van der Waals surface area contributed by atoms with E-state index in [0.29, 0.717) is 30.5 Å². The Balaban J connectivity index is 2.84. The lowest BCUT2D eigenvalue weighted by Gasteiger charge is -2.12. The molecule has 114 valence electrons. The van der Waals surface area contributed by atoms with Crippen LogP contribution in [-0.2, 0) is 14.8 Å². The first-order valence-corrected chi connectivity index (χ1v) is 11.1. The van der Waals surface area contributed by atoms with Crippen LogP contribution in [0.5, 0.6) is 11.9 Å². The van der Waals surface area contributed by atoms with Crippen LogP contribution >= 0.6 is 28.5 Å². The highest BCUT2D eigenvalue weighted by atomic mass is 33.1. The van der Waals surface area contributed by atoms with E-state index in [1.54, 1.807) is 12.3 Å². The molecule has 0 fully saturated rings. The van der Waals surface area contributed by atoms with E-state index >= 15 is 0 Å². The van der Waals surface area contributed by atoms with Gasteiger partial charge in [-0.15, -0.1) is 0 Å². The van der Waals surface area contributed by atoms with Crippen molar-refractivity contribution in [3.05, 3.63) is 11.8 Å². The average molecular weight is 338 g/mol. The van der Waals surface area contributed by atoms with Crippen molar-refractivity contribution in [1.82, 2.24) is 9.97 Å². The summed E-state index contributed by atoms with van der Waals surface area (Å²) in [5, 5.41) is 0. The van der Waals surface area contributed by atoms with Gasteiger partial charge >= 0.3 is 11.8 Å². The fourth-order valence-electron chi connectivity index (χ4n) is 1.26. The number of hydrogen-bond acceptors (Lipinski definition) is 8. The lowest BCUT2D eigenvalue weighted by atomic mass is 10.4. The summed E-state index contributed by atoms with van der Waals surface area (Å²) in [6.07, 6.45) is 1.76. The van der Waals surface area contributed by atoms with Crippen LogP contribution in [0.3, 0.4) is 0 Å². The van der Waals surface area contributed by atoms with Crippen molar-refractivity contribution in [3.8, 4) is 11.9 Å². The second-order valence-corrected chi connectivity index (χ2v) is 11.1. The van der Waals surface area contributed by atoms with Gasteiger partial charge in [-0.1, -0.05) is 22.8 Å². The molecule has 0 spiro atoms. The molecule has 1 heterocycles. The van der Waals surface area contributed by atoms with Gasteiger partial charge in [0, 0.05) is 18.9 Å². The molecule has 0 aliphatic rings. The number of ether oxygens (including phenoxy) is 2. The fourth-order valence-corrected chi connectivity index (χ4v) is 5.44. The Bertz CT molecular complexity index is 443. The number of aromatic nitrogens is 2. The summed E-state index contributed by atoms with van der Waals surface area (Å²) in [6, 6.07) is 1.99. The van der Waals surface area contributed by atoms with Gasteiger partial charge < -0.3 is 14.0 Å². The molecule has 0 radical (unpaired) electrons. The number of hydrogen-bond donors (Lipinski definition) is 0. The Hall–Kier alpha value is -0.430. The Labute approximate surface area is 127 Å². The van der Waals surface area contributed by atoms with Crippen molar-refractivity contribution >= 4 is 28.5 Å². The molecule has 1 aromatic rings. The van der Waals surface area contributed by atoms with E-state index in [4.69, 9.17) is 14.0 Å². The van der Waals surface area contributed by atoms with Crippen LogP contribution in [0.4, 0.5) is 0 Å².